The van der Waals surface area contributed by atoms with Crippen molar-refractivity contribution in [3.63, 3.8) is 0 Å². The fraction of sp³-hybridized carbons (Fsp3) is 0. The minimum Gasteiger partial charge on any atom is -0.502 e. The van der Waals surface area contributed by atoms with Crippen LogP contribution in [0, 0.1) is 0 Å². The van der Waals surface area contributed by atoms with Gasteiger partial charge in [0.05, 0.1) is 0 Å². The van der Waals surface area contributed by atoms with E-state index in [1.165, 1.54) is 6.07 Å². The summed E-state index contributed by atoms with van der Waals surface area (Å²) in [7, 11) is 0. The number of allylic oxidation sites excluding steroid dienone is 4. The van der Waals surface area contributed by atoms with E-state index in [-0.39, 0.29) is 5.75 Å². The van der Waals surface area contributed by atoms with Gasteiger partial charge in [-0.2, -0.15) is 0 Å². The quantitative estimate of drug-likeness (QED) is 0.676. The van der Waals surface area contributed by atoms with Gasteiger partial charge >= 0.3 is 5.63 Å². The first-order valence-corrected chi connectivity index (χ1v) is 4.16. The molecule has 14 heavy (non-hydrogen) atoms. The highest BCUT2D eigenvalue weighted by Crippen LogP contribution is 2.16. The normalized spacial score (nSPS) is 20.3. The van der Waals surface area contributed by atoms with Crippen LogP contribution in [0.3, 0.4) is 0 Å². The van der Waals surface area contributed by atoms with E-state index < -0.39 is 5.63 Å². The van der Waals surface area contributed by atoms with E-state index in [1.807, 2.05) is 18.2 Å². The summed E-state index contributed by atoms with van der Waals surface area (Å²) in [4.78, 5) is 11.0. The molecule has 1 heterocycles. The fourth-order valence-corrected chi connectivity index (χ4v) is 1.18. The number of fused-ring (bicyclic) bond motifs is 1. The molecule has 1 aromatic rings. The predicted octanol–water partition coefficient (Wildman–Crippen LogP) is 1.94. The lowest BCUT2D eigenvalue weighted by molar-refractivity contribution is 0.408. The predicted molar refractivity (Wildman–Crippen MR) is 53.9 cm³/mol. The summed E-state index contributed by atoms with van der Waals surface area (Å²) in [6.45, 7) is 0. The van der Waals surface area contributed by atoms with Gasteiger partial charge in [-0.15, -0.1) is 0 Å². The molecule has 0 unspecified atom stereocenters. The Morgan fingerprint density at radius 1 is 1.07 bits per heavy atom. The van der Waals surface area contributed by atoms with E-state index in [0.29, 0.717) is 11.3 Å². The van der Waals surface area contributed by atoms with Gasteiger partial charge in [0.1, 0.15) is 5.76 Å². The van der Waals surface area contributed by atoms with Crippen molar-refractivity contribution in [1.82, 2.24) is 0 Å². The Hall–Kier alpha value is -2.03. The van der Waals surface area contributed by atoms with E-state index in [9.17, 15) is 4.79 Å². The van der Waals surface area contributed by atoms with E-state index in [2.05, 4.69) is 0 Å². The zero-order valence-corrected chi connectivity index (χ0v) is 7.31. The molecular formula is C11H8O3. The molecule has 1 aliphatic carbocycles. The van der Waals surface area contributed by atoms with Crippen LogP contribution in [-0.4, -0.2) is 5.11 Å². The molecule has 3 nitrogen and oxygen atoms in total. The molecule has 0 spiro atoms. The van der Waals surface area contributed by atoms with Crippen molar-refractivity contribution in [3.8, 4) is 5.75 Å². The molecule has 0 saturated heterocycles. The number of hydrogen-bond acceptors (Lipinski definition) is 3. The Balaban J connectivity index is 2.66. The number of hydrogen-bond donors (Lipinski definition) is 1. The zero-order valence-electron chi connectivity index (χ0n) is 7.31. The Morgan fingerprint density at radius 2 is 1.79 bits per heavy atom. The summed E-state index contributed by atoms with van der Waals surface area (Å²) in [6.07, 6.45) is 10.7. The standard InChI is InChI=1S/C11H8O3/c12-9-7-8-5-3-1-2-4-6-10(8)14-11(9)13/h1-7,12H/b2-1-,3-1?,4-2?,5-3-,6-4-,8-5?,10-6?. The minimum absolute atomic E-state index is 0.369. The first kappa shape index (κ1) is 8.56. The lowest BCUT2D eigenvalue weighted by Gasteiger charge is -2.00. The van der Waals surface area contributed by atoms with Crippen molar-refractivity contribution in [2.45, 2.75) is 0 Å². The summed E-state index contributed by atoms with van der Waals surface area (Å²) in [5.74, 6) is 0.0831. The molecule has 0 bridgehead atoms. The van der Waals surface area contributed by atoms with Gasteiger partial charge < -0.3 is 9.52 Å². The molecule has 3 heteroatoms. The van der Waals surface area contributed by atoms with Crippen LogP contribution in [0.4, 0.5) is 0 Å². The summed E-state index contributed by atoms with van der Waals surface area (Å²) in [5.41, 5.74) is -0.0333. The van der Waals surface area contributed by atoms with E-state index in [0.717, 1.165) is 0 Å². The Bertz CT molecular complexity index is 490. The molecule has 1 N–H and O–H groups in total. The maximum absolute atomic E-state index is 11.0. The highest BCUT2D eigenvalue weighted by atomic mass is 16.4. The Kier molecular flexibility index (Phi) is 2.07. The number of aromatic hydroxyl groups is 1. The van der Waals surface area contributed by atoms with E-state index in [1.54, 1.807) is 18.2 Å². The largest absolute Gasteiger partial charge is 0.502 e. The van der Waals surface area contributed by atoms with E-state index in [4.69, 9.17) is 9.52 Å². The molecule has 70 valence electrons. The topological polar surface area (TPSA) is 50.4 Å². The highest BCUT2D eigenvalue weighted by Gasteiger charge is 2.05. The fourth-order valence-electron chi connectivity index (χ4n) is 1.18. The second kappa shape index (κ2) is 3.38. The van der Waals surface area contributed by atoms with Crippen molar-refractivity contribution in [2.24, 2.45) is 0 Å². The molecule has 1 aromatic heterocycles. The van der Waals surface area contributed by atoms with Crippen molar-refractivity contribution >= 4 is 12.2 Å². The summed E-state index contributed by atoms with van der Waals surface area (Å²) in [6, 6.07) is 1.39. The Morgan fingerprint density at radius 3 is 2.57 bits per heavy atom. The first-order valence-electron chi connectivity index (χ1n) is 4.16. The third-order valence-electron chi connectivity index (χ3n) is 1.85. The van der Waals surface area contributed by atoms with Gasteiger partial charge in [-0.25, -0.2) is 4.79 Å². The molecule has 0 atom stereocenters. The maximum atomic E-state index is 11.0. The third-order valence-corrected chi connectivity index (χ3v) is 1.85. The van der Waals surface area contributed by atoms with Gasteiger partial charge in [0.15, 0.2) is 0 Å². The van der Waals surface area contributed by atoms with Crippen LogP contribution in [0.2, 0.25) is 0 Å². The summed E-state index contributed by atoms with van der Waals surface area (Å²) < 4.78 is 4.89. The average Bonchev–Trinajstić information content (AvgIpc) is 2.13. The third kappa shape index (κ3) is 1.52. The minimum atomic E-state index is -0.716. The molecule has 0 fully saturated rings. The van der Waals surface area contributed by atoms with Crippen LogP contribution in [0.5, 0.6) is 5.75 Å². The summed E-state index contributed by atoms with van der Waals surface area (Å²) in [5, 5.41) is 9.16. The monoisotopic (exact) mass is 188 g/mol. The van der Waals surface area contributed by atoms with Crippen LogP contribution in [0.1, 0.15) is 11.3 Å². The second-order valence-electron chi connectivity index (χ2n) is 2.84. The van der Waals surface area contributed by atoms with Gasteiger partial charge in [0.2, 0.25) is 5.75 Å². The molecule has 0 aromatic carbocycles. The molecule has 0 radical (unpaired) electrons. The van der Waals surface area contributed by atoms with Crippen LogP contribution >= 0.6 is 0 Å². The molecule has 0 aliphatic heterocycles. The van der Waals surface area contributed by atoms with Crippen molar-refractivity contribution in [3.05, 3.63) is 52.1 Å². The lowest BCUT2D eigenvalue weighted by atomic mass is 10.1. The van der Waals surface area contributed by atoms with Gasteiger partial charge in [-0.1, -0.05) is 30.4 Å². The maximum Gasteiger partial charge on any atom is 0.378 e. The lowest BCUT2D eigenvalue weighted by Crippen LogP contribution is -2.00. The van der Waals surface area contributed by atoms with E-state index >= 15 is 0 Å². The van der Waals surface area contributed by atoms with Crippen LogP contribution in [-0.2, 0) is 0 Å². The van der Waals surface area contributed by atoms with Crippen molar-refractivity contribution in [2.75, 3.05) is 0 Å². The SMILES string of the molecule is O=c1oc2c(cc1O)\C=C/C=C\C=C/2. The molecule has 1 aliphatic rings. The average molecular weight is 188 g/mol. The second-order valence-corrected chi connectivity index (χ2v) is 2.84. The highest BCUT2D eigenvalue weighted by molar-refractivity contribution is 5.64. The van der Waals surface area contributed by atoms with Gasteiger partial charge in [0, 0.05) is 5.56 Å². The smallest absolute Gasteiger partial charge is 0.378 e. The number of rotatable bonds is 0. The molecule has 0 saturated carbocycles. The first-order chi connectivity index (χ1) is 6.77. The molecule has 0 amide bonds. The molecule has 2 rings (SSSR count). The van der Waals surface area contributed by atoms with Crippen molar-refractivity contribution < 1.29 is 9.52 Å². The van der Waals surface area contributed by atoms with Crippen LogP contribution in [0.15, 0.2) is 39.6 Å². The van der Waals surface area contributed by atoms with Crippen LogP contribution < -0.4 is 5.63 Å². The molecular weight excluding hydrogens is 180 g/mol. The van der Waals surface area contributed by atoms with Gasteiger partial charge in [-0.05, 0) is 12.1 Å². The summed E-state index contributed by atoms with van der Waals surface area (Å²) >= 11 is 0. The van der Waals surface area contributed by atoms with Crippen LogP contribution in [0.25, 0.3) is 12.2 Å². The van der Waals surface area contributed by atoms with Gasteiger partial charge in [-0.3, -0.25) is 0 Å². The van der Waals surface area contributed by atoms with Gasteiger partial charge in [0.25, 0.3) is 0 Å². The zero-order chi connectivity index (χ0) is 9.97. The Labute approximate surface area is 80.3 Å². The van der Waals surface area contributed by atoms with Crippen molar-refractivity contribution in [1.29, 1.82) is 0 Å².